The topological polar surface area (TPSA) is 72.4 Å². The van der Waals surface area contributed by atoms with Crippen LogP contribution in [0, 0.1) is 5.92 Å². The molecule has 1 saturated heterocycles. The Hall–Kier alpha value is -3.87. The minimum Gasteiger partial charge on any atom is -0.493 e. The number of fused-ring (bicyclic) bond motifs is 1. The number of pyridine rings is 1. The Morgan fingerprint density at radius 1 is 0.971 bits per heavy atom. The summed E-state index contributed by atoms with van der Waals surface area (Å²) in [6.45, 7) is 2.58. The third-order valence-electron chi connectivity index (χ3n) is 6.26. The van der Waals surface area contributed by atoms with Crippen molar-refractivity contribution < 1.29 is 9.47 Å². The lowest BCUT2D eigenvalue weighted by molar-refractivity contribution is 0.248. The molecule has 1 N–H and O–H groups in total. The molecule has 2 aromatic heterocycles. The van der Waals surface area contributed by atoms with E-state index in [1.165, 1.54) is 0 Å². The summed E-state index contributed by atoms with van der Waals surface area (Å²) < 4.78 is 11.3. The highest BCUT2D eigenvalue weighted by Crippen LogP contribution is 2.28. The van der Waals surface area contributed by atoms with Crippen LogP contribution in [-0.2, 0) is 0 Å². The maximum Gasteiger partial charge on any atom is 0.227 e. The van der Waals surface area contributed by atoms with E-state index in [4.69, 9.17) is 14.5 Å². The molecule has 7 heteroatoms. The molecule has 1 aliphatic rings. The molecule has 3 heterocycles. The number of hydrogen-bond acceptors (Lipinski definition) is 7. The van der Waals surface area contributed by atoms with Gasteiger partial charge in [0.2, 0.25) is 5.95 Å². The number of hydrogen-bond donors (Lipinski definition) is 1. The van der Waals surface area contributed by atoms with Crippen LogP contribution in [0.4, 0.5) is 17.5 Å². The molecule has 174 valence electrons. The van der Waals surface area contributed by atoms with Gasteiger partial charge in [0.05, 0.1) is 31.1 Å². The van der Waals surface area contributed by atoms with Crippen LogP contribution in [-0.4, -0.2) is 41.8 Å². The Morgan fingerprint density at radius 3 is 2.62 bits per heavy atom. The van der Waals surface area contributed by atoms with Gasteiger partial charge in [-0.2, -0.15) is 4.98 Å². The standard InChI is InChI=1S/C27H29N5O2/c1-33-24-8-4-5-9-25(24)34-17-13-20-11-15-32(16-12-20)27-28-14-10-26(31-27)30-22-18-21-6-2-3-7-23(21)29-19-22/h2-10,14,18-20H,11-13,15-17H2,1H3,(H,28,30,31). The van der Waals surface area contributed by atoms with Crippen LogP contribution in [0.2, 0.25) is 0 Å². The average Bonchev–Trinajstić information content (AvgIpc) is 2.89. The van der Waals surface area contributed by atoms with Crippen molar-refractivity contribution in [2.45, 2.75) is 19.3 Å². The molecule has 0 saturated carbocycles. The SMILES string of the molecule is COc1ccccc1OCCC1CCN(c2nccc(Nc3cnc4ccccc4c3)n2)CC1. The molecule has 0 radical (unpaired) electrons. The van der Waals surface area contributed by atoms with Crippen LogP contribution < -0.4 is 19.7 Å². The van der Waals surface area contributed by atoms with Gasteiger partial charge in [-0.3, -0.25) is 4.98 Å². The zero-order chi connectivity index (χ0) is 23.2. The molecular weight excluding hydrogens is 426 g/mol. The molecule has 0 amide bonds. The number of methoxy groups -OCH3 is 1. The summed E-state index contributed by atoms with van der Waals surface area (Å²) in [4.78, 5) is 16.1. The van der Waals surface area contributed by atoms with Crippen molar-refractivity contribution in [1.82, 2.24) is 15.0 Å². The van der Waals surface area contributed by atoms with E-state index >= 15 is 0 Å². The normalized spacial score (nSPS) is 14.2. The fourth-order valence-electron chi connectivity index (χ4n) is 4.35. The minimum atomic E-state index is 0.635. The van der Waals surface area contributed by atoms with Gasteiger partial charge < -0.3 is 19.7 Å². The Morgan fingerprint density at radius 2 is 1.76 bits per heavy atom. The first-order valence-electron chi connectivity index (χ1n) is 11.7. The highest BCUT2D eigenvalue weighted by molar-refractivity contribution is 5.82. The summed E-state index contributed by atoms with van der Waals surface area (Å²) in [5.41, 5.74) is 1.89. The summed E-state index contributed by atoms with van der Waals surface area (Å²) in [7, 11) is 1.67. The molecule has 1 aliphatic heterocycles. The molecule has 2 aromatic carbocycles. The molecule has 0 unspecified atom stereocenters. The second kappa shape index (κ2) is 10.4. The van der Waals surface area contributed by atoms with Gasteiger partial charge in [-0.05, 0) is 55.5 Å². The summed E-state index contributed by atoms with van der Waals surface area (Å²) in [6, 6.07) is 19.9. The van der Waals surface area contributed by atoms with E-state index in [0.717, 1.165) is 72.2 Å². The highest BCUT2D eigenvalue weighted by Gasteiger charge is 2.21. The first-order valence-corrected chi connectivity index (χ1v) is 11.7. The van der Waals surface area contributed by atoms with E-state index in [-0.39, 0.29) is 0 Å². The summed E-state index contributed by atoms with van der Waals surface area (Å²) in [5, 5.41) is 4.47. The molecule has 0 aliphatic carbocycles. The number of piperidine rings is 1. The molecule has 5 rings (SSSR count). The first-order chi connectivity index (χ1) is 16.8. The largest absolute Gasteiger partial charge is 0.493 e. The fourth-order valence-corrected chi connectivity index (χ4v) is 4.35. The Labute approximate surface area is 199 Å². The molecule has 0 bridgehead atoms. The van der Waals surface area contributed by atoms with Gasteiger partial charge in [-0.15, -0.1) is 0 Å². The molecular formula is C27H29N5O2. The second-order valence-corrected chi connectivity index (χ2v) is 8.50. The summed E-state index contributed by atoms with van der Waals surface area (Å²) in [5.74, 6) is 3.76. The van der Waals surface area contributed by atoms with Gasteiger partial charge in [-0.1, -0.05) is 30.3 Å². The highest BCUT2D eigenvalue weighted by atomic mass is 16.5. The zero-order valence-electron chi connectivity index (χ0n) is 19.4. The lowest BCUT2D eigenvalue weighted by Gasteiger charge is -2.32. The van der Waals surface area contributed by atoms with Crippen molar-refractivity contribution in [3.8, 4) is 11.5 Å². The Bertz CT molecular complexity index is 1240. The van der Waals surface area contributed by atoms with E-state index in [0.29, 0.717) is 12.5 Å². The molecule has 0 atom stereocenters. The number of anilines is 3. The van der Waals surface area contributed by atoms with Gasteiger partial charge in [-0.25, -0.2) is 4.98 Å². The lowest BCUT2D eigenvalue weighted by atomic mass is 9.94. The van der Waals surface area contributed by atoms with Gasteiger partial charge in [0.25, 0.3) is 0 Å². The maximum absolute atomic E-state index is 5.96. The zero-order valence-corrected chi connectivity index (χ0v) is 19.4. The van der Waals surface area contributed by atoms with Crippen molar-refractivity contribution in [2.24, 2.45) is 5.92 Å². The second-order valence-electron chi connectivity index (χ2n) is 8.50. The molecule has 34 heavy (non-hydrogen) atoms. The van der Waals surface area contributed by atoms with Gasteiger partial charge in [0.1, 0.15) is 5.82 Å². The van der Waals surface area contributed by atoms with Gasteiger partial charge in [0, 0.05) is 24.7 Å². The van der Waals surface area contributed by atoms with Crippen LogP contribution in [0.5, 0.6) is 11.5 Å². The van der Waals surface area contributed by atoms with E-state index in [9.17, 15) is 0 Å². The number of nitrogens with zero attached hydrogens (tertiary/aromatic N) is 4. The molecule has 0 spiro atoms. The first kappa shape index (κ1) is 21.9. The lowest BCUT2D eigenvalue weighted by Crippen LogP contribution is -2.35. The monoisotopic (exact) mass is 455 g/mol. The maximum atomic E-state index is 5.96. The number of para-hydroxylation sites is 3. The summed E-state index contributed by atoms with van der Waals surface area (Å²) in [6.07, 6.45) is 6.88. The van der Waals surface area contributed by atoms with E-state index in [2.05, 4.69) is 32.3 Å². The Kier molecular flexibility index (Phi) is 6.70. The van der Waals surface area contributed by atoms with Crippen molar-refractivity contribution in [2.75, 3.05) is 37.0 Å². The fraction of sp³-hybridized carbons (Fsp3) is 0.296. The van der Waals surface area contributed by atoms with Crippen molar-refractivity contribution in [1.29, 1.82) is 0 Å². The molecule has 4 aromatic rings. The van der Waals surface area contributed by atoms with E-state index < -0.39 is 0 Å². The molecule has 1 fully saturated rings. The number of aromatic nitrogens is 3. The number of ether oxygens (including phenoxy) is 2. The Balaban J connectivity index is 1.14. The van der Waals surface area contributed by atoms with Gasteiger partial charge >= 0.3 is 0 Å². The molecule has 7 nitrogen and oxygen atoms in total. The predicted octanol–water partition coefficient (Wildman–Crippen LogP) is 5.46. The quantitative estimate of drug-likeness (QED) is 0.378. The van der Waals surface area contributed by atoms with Crippen LogP contribution in [0.1, 0.15) is 19.3 Å². The number of rotatable bonds is 8. The van der Waals surface area contributed by atoms with E-state index in [1.807, 2.05) is 60.9 Å². The predicted molar refractivity (Wildman–Crippen MR) is 135 cm³/mol. The third-order valence-corrected chi connectivity index (χ3v) is 6.26. The minimum absolute atomic E-state index is 0.635. The van der Waals surface area contributed by atoms with Crippen molar-refractivity contribution >= 4 is 28.4 Å². The number of benzene rings is 2. The van der Waals surface area contributed by atoms with Crippen LogP contribution in [0.3, 0.4) is 0 Å². The summed E-state index contributed by atoms with van der Waals surface area (Å²) >= 11 is 0. The number of nitrogens with one attached hydrogen (secondary N) is 1. The van der Waals surface area contributed by atoms with Crippen LogP contribution in [0.25, 0.3) is 10.9 Å². The van der Waals surface area contributed by atoms with Gasteiger partial charge in [0.15, 0.2) is 11.5 Å². The van der Waals surface area contributed by atoms with Crippen LogP contribution >= 0.6 is 0 Å². The van der Waals surface area contributed by atoms with Crippen molar-refractivity contribution in [3.05, 3.63) is 73.1 Å². The van der Waals surface area contributed by atoms with Crippen molar-refractivity contribution in [3.63, 3.8) is 0 Å². The van der Waals surface area contributed by atoms with E-state index in [1.54, 1.807) is 7.11 Å². The smallest absolute Gasteiger partial charge is 0.227 e. The third kappa shape index (κ3) is 5.20. The van der Waals surface area contributed by atoms with Crippen LogP contribution in [0.15, 0.2) is 73.1 Å². The average molecular weight is 456 g/mol.